The largest absolute Gasteiger partial charge is 0.331 e. The third-order valence-corrected chi connectivity index (χ3v) is 3.73. The highest BCUT2D eigenvalue weighted by molar-refractivity contribution is 5.87. The van der Waals surface area contributed by atoms with Crippen LogP contribution in [0, 0.1) is 6.92 Å². The Kier molecular flexibility index (Phi) is 4.27. The normalized spacial score (nSPS) is 17.1. The van der Waals surface area contributed by atoms with Crippen molar-refractivity contribution < 1.29 is 4.79 Å². The lowest BCUT2D eigenvalue weighted by molar-refractivity contribution is -0.126. The molecule has 0 saturated carbocycles. The highest BCUT2D eigenvalue weighted by Crippen LogP contribution is 2.32. The van der Waals surface area contributed by atoms with Crippen LogP contribution in [-0.2, 0) is 4.79 Å². The van der Waals surface area contributed by atoms with Gasteiger partial charge in [0.15, 0.2) is 0 Å². The lowest BCUT2D eigenvalue weighted by Gasteiger charge is -2.23. The Balaban J connectivity index is 1.88. The molecule has 0 aliphatic carbocycles. The number of anilines is 2. The standard InChI is InChI=1S/C16H18N6O/c1-3-16(23)22-8-4-5-13(22)12-9-14(20-11(2)19-12)21-15-10-17-6-7-18-15/h3,6-7,9-10,13H,1,4-5,8H2,2H3,(H,18,19,20,21)/t13-/m1/s1. The van der Waals surface area contributed by atoms with Crippen molar-refractivity contribution in [2.24, 2.45) is 0 Å². The summed E-state index contributed by atoms with van der Waals surface area (Å²) in [6.45, 7) is 6.13. The molecule has 1 saturated heterocycles. The summed E-state index contributed by atoms with van der Waals surface area (Å²) in [5, 5.41) is 3.12. The SMILES string of the molecule is C=CC(=O)N1CCC[C@@H]1c1cc(Nc2cnccn2)nc(C)n1. The number of nitrogens with zero attached hydrogens (tertiary/aromatic N) is 5. The second kappa shape index (κ2) is 6.51. The monoisotopic (exact) mass is 310 g/mol. The van der Waals surface area contributed by atoms with Gasteiger partial charge in [0.1, 0.15) is 17.5 Å². The van der Waals surface area contributed by atoms with E-state index >= 15 is 0 Å². The molecule has 0 radical (unpaired) electrons. The van der Waals surface area contributed by atoms with Crippen LogP contribution < -0.4 is 5.32 Å². The molecule has 118 valence electrons. The number of nitrogens with one attached hydrogen (secondary N) is 1. The highest BCUT2D eigenvalue weighted by Gasteiger charge is 2.30. The van der Waals surface area contributed by atoms with E-state index in [0.29, 0.717) is 17.5 Å². The van der Waals surface area contributed by atoms with Gasteiger partial charge < -0.3 is 10.2 Å². The number of likely N-dealkylation sites (tertiary alicyclic amines) is 1. The molecule has 0 bridgehead atoms. The van der Waals surface area contributed by atoms with Gasteiger partial charge in [0.2, 0.25) is 5.91 Å². The zero-order valence-corrected chi connectivity index (χ0v) is 12.9. The van der Waals surface area contributed by atoms with Crippen LogP contribution in [0.1, 0.15) is 30.4 Å². The summed E-state index contributed by atoms with van der Waals surface area (Å²) in [6.07, 6.45) is 8.05. The van der Waals surface area contributed by atoms with E-state index in [2.05, 4.69) is 31.8 Å². The van der Waals surface area contributed by atoms with E-state index in [9.17, 15) is 4.79 Å². The van der Waals surface area contributed by atoms with Crippen molar-refractivity contribution in [3.8, 4) is 0 Å². The molecule has 2 aromatic heterocycles. The quantitative estimate of drug-likeness (QED) is 0.871. The minimum Gasteiger partial charge on any atom is -0.331 e. The number of aryl methyl sites for hydroxylation is 1. The molecule has 0 aromatic carbocycles. The van der Waals surface area contributed by atoms with E-state index in [1.165, 1.54) is 6.08 Å². The molecule has 1 N–H and O–H groups in total. The van der Waals surface area contributed by atoms with Crippen molar-refractivity contribution in [3.63, 3.8) is 0 Å². The fraction of sp³-hybridized carbons (Fsp3) is 0.312. The molecular weight excluding hydrogens is 292 g/mol. The smallest absolute Gasteiger partial charge is 0.246 e. The van der Waals surface area contributed by atoms with E-state index < -0.39 is 0 Å². The minimum atomic E-state index is -0.0628. The van der Waals surface area contributed by atoms with Crippen molar-refractivity contribution in [1.29, 1.82) is 0 Å². The average Bonchev–Trinajstić information content (AvgIpc) is 3.04. The van der Waals surface area contributed by atoms with E-state index in [1.54, 1.807) is 23.5 Å². The van der Waals surface area contributed by atoms with Crippen molar-refractivity contribution in [2.45, 2.75) is 25.8 Å². The number of rotatable bonds is 4. The number of hydrogen-bond acceptors (Lipinski definition) is 6. The second-order valence-electron chi connectivity index (χ2n) is 5.33. The number of amides is 1. The highest BCUT2D eigenvalue weighted by atomic mass is 16.2. The Hall–Kier alpha value is -2.83. The minimum absolute atomic E-state index is 0.0374. The van der Waals surface area contributed by atoms with Gasteiger partial charge in [0.05, 0.1) is 17.9 Å². The number of aromatic nitrogens is 4. The van der Waals surface area contributed by atoms with Crippen LogP contribution >= 0.6 is 0 Å². The number of hydrogen-bond donors (Lipinski definition) is 1. The van der Waals surface area contributed by atoms with Gasteiger partial charge >= 0.3 is 0 Å². The zero-order valence-electron chi connectivity index (χ0n) is 12.9. The van der Waals surface area contributed by atoms with Gasteiger partial charge in [-0.1, -0.05) is 6.58 Å². The topological polar surface area (TPSA) is 83.9 Å². The van der Waals surface area contributed by atoms with Crippen LogP contribution in [0.2, 0.25) is 0 Å². The Morgan fingerprint density at radius 1 is 1.39 bits per heavy atom. The number of carbonyl (C=O) groups excluding carboxylic acids is 1. The maximum Gasteiger partial charge on any atom is 0.246 e. The summed E-state index contributed by atoms with van der Waals surface area (Å²) in [7, 11) is 0. The summed E-state index contributed by atoms with van der Waals surface area (Å²) in [5.41, 5.74) is 0.830. The summed E-state index contributed by atoms with van der Waals surface area (Å²) in [6, 6.07) is 1.82. The van der Waals surface area contributed by atoms with Crippen LogP contribution in [0.3, 0.4) is 0 Å². The van der Waals surface area contributed by atoms with Gasteiger partial charge in [-0.2, -0.15) is 0 Å². The average molecular weight is 310 g/mol. The van der Waals surface area contributed by atoms with Crippen molar-refractivity contribution in [1.82, 2.24) is 24.8 Å². The first-order valence-electron chi connectivity index (χ1n) is 7.49. The lowest BCUT2D eigenvalue weighted by Crippen LogP contribution is -2.29. The molecule has 1 atom stereocenters. The predicted molar refractivity (Wildman–Crippen MR) is 86.0 cm³/mol. The maximum absolute atomic E-state index is 12.0. The molecule has 0 unspecified atom stereocenters. The third kappa shape index (κ3) is 3.33. The molecule has 7 nitrogen and oxygen atoms in total. The fourth-order valence-corrected chi connectivity index (χ4v) is 2.78. The van der Waals surface area contributed by atoms with Gasteiger partial charge in [0, 0.05) is 25.0 Å². The molecule has 1 aliphatic heterocycles. The first-order chi connectivity index (χ1) is 11.2. The van der Waals surface area contributed by atoms with Crippen molar-refractivity contribution in [3.05, 3.63) is 48.8 Å². The molecule has 1 aliphatic rings. The maximum atomic E-state index is 12.0. The van der Waals surface area contributed by atoms with Crippen LogP contribution in [0.5, 0.6) is 0 Å². The first kappa shape index (κ1) is 15.1. The summed E-state index contributed by atoms with van der Waals surface area (Å²) >= 11 is 0. The molecule has 1 amide bonds. The molecule has 2 aromatic rings. The van der Waals surface area contributed by atoms with Gasteiger partial charge in [-0.25, -0.2) is 15.0 Å². The Bertz CT molecular complexity index is 718. The Labute approximate surface area is 134 Å². The van der Waals surface area contributed by atoms with Crippen LogP contribution in [-0.4, -0.2) is 37.3 Å². The summed E-state index contributed by atoms with van der Waals surface area (Å²) in [5.74, 6) is 1.84. The van der Waals surface area contributed by atoms with Gasteiger partial charge in [0.25, 0.3) is 0 Å². The van der Waals surface area contributed by atoms with Gasteiger partial charge in [-0.3, -0.25) is 9.78 Å². The van der Waals surface area contributed by atoms with E-state index in [1.807, 2.05) is 13.0 Å². The zero-order chi connectivity index (χ0) is 16.2. The number of carbonyl (C=O) groups is 1. The van der Waals surface area contributed by atoms with E-state index in [0.717, 1.165) is 25.1 Å². The molecule has 3 rings (SSSR count). The van der Waals surface area contributed by atoms with Crippen molar-refractivity contribution >= 4 is 17.5 Å². The van der Waals surface area contributed by atoms with E-state index in [4.69, 9.17) is 0 Å². The lowest BCUT2D eigenvalue weighted by atomic mass is 10.1. The van der Waals surface area contributed by atoms with Crippen molar-refractivity contribution in [2.75, 3.05) is 11.9 Å². The van der Waals surface area contributed by atoms with Gasteiger partial charge in [-0.15, -0.1) is 0 Å². The molecule has 1 fully saturated rings. The molecule has 7 heteroatoms. The van der Waals surface area contributed by atoms with E-state index in [-0.39, 0.29) is 11.9 Å². The molecular formula is C16H18N6O. The Morgan fingerprint density at radius 3 is 3.00 bits per heavy atom. The predicted octanol–water partition coefficient (Wildman–Crippen LogP) is 2.17. The van der Waals surface area contributed by atoms with Crippen LogP contribution in [0.4, 0.5) is 11.6 Å². The first-order valence-corrected chi connectivity index (χ1v) is 7.49. The fourth-order valence-electron chi connectivity index (χ4n) is 2.78. The third-order valence-electron chi connectivity index (χ3n) is 3.73. The van der Waals surface area contributed by atoms with Crippen LogP contribution in [0.25, 0.3) is 0 Å². The van der Waals surface area contributed by atoms with Gasteiger partial charge in [-0.05, 0) is 25.8 Å². The molecule has 0 spiro atoms. The summed E-state index contributed by atoms with van der Waals surface area (Å²) < 4.78 is 0. The summed E-state index contributed by atoms with van der Waals surface area (Å²) in [4.78, 5) is 30.9. The van der Waals surface area contributed by atoms with Crippen LogP contribution in [0.15, 0.2) is 37.3 Å². The molecule has 3 heterocycles. The Morgan fingerprint density at radius 2 is 2.26 bits per heavy atom. The molecule has 23 heavy (non-hydrogen) atoms. The second-order valence-corrected chi connectivity index (χ2v) is 5.33.